The van der Waals surface area contributed by atoms with Crippen LogP contribution >= 0.6 is 23.1 Å². The zero-order chi connectivity index (χ0) is 20.1. The fraction of sp³-hybridized carbons (Fsp3) is 0.286. The van der Waals surface area contributed by atoms with E-state index in [-0.39, 0.29) is 11.8 Å². The number of amides is 2. The molecule has 0 aliphatic rings. The van der Waals surface area contributed by atoms with E-state index in [0.717, 1.165) is 27.1 Å². The van der Waals surface area contributed by atoms with Gasteiger partial charge in [-0.1, -0.05) is 41.2 Å². The average molecular weight is 414 g/mol. The molecule has 0 fully saturated rings. The predicted molar refractivity (Wildman–Crippen MR) is 118 cm³/mol. The van der Waals surface area contributed by atoms with Crippen molar-refractivity contribution in [2.75, 3.05) is 17.3 Å². The lowest BCUT2D eigenvalue weighted by molar-refractivity contribution is -0.118. The van der Waals surface area contributed by atoms with Crippen molar-refractivity contribution in [3.05, 3.63) is 59.2 Å². The van der Waals surface area contributed by atoms with Gasteiger partial charge in [-0.25, -0.2) is 4.98 Å². The van der Waals surface area contributed by atoms with Gasteiger partial charge < -0.3 is 10.6 Å². The molecule has 3 aromatic rings. The van der Waals surface area contributed by atoms with E-state index in [2.05, 4.69) is 15.6 Å². The Kier molecular flexibility index (Phi) is 6.70. The van der Waals surface area contributed by atoms with E-state index in [1.165, 1.54) is 11.3 Å². The molecule has 0 aliphatic carbocycles. The Labute approximate surface area is 172 Å². The highest BCUT2D eigenvalue weighted by Gasteiger charge is 2.22. The van der Waals surface area contributed by atoms with Crippen molar-refractivity contribution in [3.8, 4) is 0 Å². The number of benzene rings is 2. The average Bonchev–Trinajstić information content (AvgIpc) is 3.08. The second-order valence-corrected chi connectivity index (χ2v) is 8.62. The van der Waals surface area contributed by atoms with Gasteiger partial charge in [0.2, 0.25) is 5.91 Å². The summed E-state index contributed by atoms with van der Waals surface area (Å²) in [5.74, 6) is 0.280. The zero-order valence-corrected chi connectivity index (χ0v) is 17.7. The predicted octanol–water partition coefficient (Wildman–Crippen LogP) is 4.40. The van der Waals surface area contributed by atoms with Crippen molar-refractivity contribution in [1.82, 2.24) is 10.3 Å². The maximum absolute atomic E-state index is 12.8. The molecule has 0 spiro atoms. The van der Waals surface area contributed by atoms with Gasteiger partial charge in [0.25, 0.3) is 5.91 Å². The molecule has 0 aliphatic heterocycles. The number of rotatable bonds is 7. The van der Waals surface area contributed by atoms with Gasteiger partial charge >= 0.3 is 0 Å². The number of hydrogen-bond donors (Lipinski definition) is 2. The van der Waals surface area contributed by atoms with Gasteiger partial charge in [-0.3, -0.25) is 9.59 Å². The van der Waals surface area contributed by atoms with Crippen molar-refractivity contribution in [2.24, 2.45) is 0 Å². The molecule has 5 nitrogen and oxygen atoms in total. The van der Waals surface area contributed by atoms with Crippen molar-refractivity contribution >= 4 is 50.3 Å². The molecule has 3 rings (SSSR count). The molecule has 2 amide bonds. The third kappa shape index (κ3) is 4.91. The van der Waals surface area contributed by atoms with Crippen molar-refractivity contribution in [2.45, 2.75) is 26.3 Å². The van der Waals surface area contributed by atoms with Crippen LogP contribution in [0.1, 0.15) is 27.9 Å². The van der Waals surface area contributed by atoms with Crippen molar-refractivity contribution in [3.63, 3.8) is 0 Å². The summed E-state index contributed by atoms with van der Waals surface area (Å²) in [6.07, 6.45) is 2.53. The number of nitrogens with one attached hydrogen (secondary N) is 2. The topological polar surface area (TPSA) is 71.1 Å². The summed E-state index contributed by atoms with van der Waals surface area (Å²) in [5, 5.41) is 6.30. The van der Waals surface area contributed by atoms with E-state index in [1.54, 1.807) is 17.8 Å². The van der Waals surface area contributed by atoms with Gasteiger partial charge in [0.1, 0.15) is 6.04 Å². The summed E-state index contributed by atoms with van der Waals surface area (Å²) in [5.41, 5.74) is 3.52. The van der Waals surface area contributed by atoms with Gasteiger partial charge in [-0.05, 0) is 56.0 Å². The van der Waals surface area contributed by atoms with Crippen LogP contribution in [0.4, 0.5) is 5.13 Å². The molecule has 1 atom stereocenters. The summed E-state index contributed by atoms with van der Waals surface area (Å²) in [7, 11) is 0. The summed E-state index contributed by atoms with van der Waals surface area (Å²) in [4.78, 5) is 30.0. The van der Waals surface area contributed by atoms with Crippen LogP contribution in [-0.2, 0) is 4.79 Å². The standard InChI is InChI=1S/C21H23N3O2S2/c1-13-6-4-8-15(12-13)19(25)22-16(10-11-27-3)20(26)24-21-23-18-14(2)7-5-9-17(18)28-21/h4-9,12,16H,10-11H2,1-3H3,(H,22,25)(H,23,24,26). The van der Waals surface area contributed by atoms with Gasteiger partial charge in [-0.2, -0.15) is 11.8 Å². The van der Waals surface area contributed by atoms with Crippen molar-refractivity contribution < 1.29 is 9.59 Å². The van der Waals surface area contributed by atoms with Crippen LogP contribution in [0.5, 0.6) is 0 Å². The zero-order valence-electron chi connectivity index (χ0n) is 16.1. The second kappa shape index (κ2) is 9.21. The van der Waals surface area contributed by atoms with E-state index >= 15 is 0 Å². The molecular weight excluding hydrogens is 390 g/mol. The monoisotopic (exact) mass is 413 g/mol. The fourth-order valence-electron chi connectivity index (χ4n) is 2.86. The van der Waals surface area contributed by atoms with Gasteiger partial charge in [0.05, 0.1) is 10.2 Å². The van der Waals surface area contributed by atoms with Crippen LogP contribution < -0.4 is 10.6 Å². The van der Waals surface area contributed by atoms with E-state index in [4.69, 9.17) is 0 Å². The number of fused-ring (bicyclic) bond motifs is 1. The molecule has 0 saturated carbocycles. The number of aryl methyl sites for hydroxylation is 2. The Hall–Kier alpha value is -2.38. The molecule has 28 heavy (non-hydrogen) atoms. The number of anilines is 1. The molecule has 1 aromatic heterocycles. The minimum absolute atomic E-state index is 0.244. The lowest BCUT2D eigenvalue weighted by atomic mass is 10.1. The minimum atomic E-state index is -0.617. The highest BCUT2D eigenvalue weighted by Crippen LogP contribution is 2.28. The number of aromatic nitrogens is 1. The first-order chi connectivity index (χ1) is 13.5. The summed E-state index contributed by atoms with van der Waals surface area (Å²) in [6.45, 7) is 3.93. The normalized spacial score (nSPS) is 12.0. The maximum atomic E-state index is 12.8. The van der Waals surface area contributed by atoms with Crippen LogP contribution in [-0.4, -0.2) is 34.8 Å². The van der Waals surface area contributed by atoms with E-state index in [1.807, 2.05) is 56.5 Å². The molecule has 1 heterocycles. The molecular formula is C21H23N3O2S2. The van der Waals surface area contributed by atoms with Crippen molar-refractivity contribution in [1.29, 1.82) is 0 Å². The number of carbonyl (C=O) groups is 2. The molecule has 2 N–H and O–H groups in total. The first-order valence-corrected chi connectivity index (χ1v) is 11.2. The second-order valence-electron chi connectivity index (χ2n) is 6.61. The SMILES string of the molecule is CSCCC(NC(=O)c1cccc(C)c1)C(=O)Nc1nc2c(C)cccc2s1. The largest absolute Gasteiger partial charge is 0.340 e. The van der Waals surface area contributed by atoms with E-state index < -0.39 is 6.04 Å². The number of hydrogen-bond acceptors (Lipinski definition) is 5. The van der Waals surface area contributed by atoms with Gasteiger partial charge in [-0.15, -0.1) is 0 Å². The molecule has 146 valence electrons. The fourth-order valence-corrected chi connectivity index (χ4v) is 4.28. The van der Waals surface area contributed by atoms with Gasteiger partial charge in [0, 0.05) is 5.56 Å². The number of para-hydroxylation sites is 1. The highest BCUT2D eigenvalue weighted by atomic mass is 32.2. The number of thiazole rings is 1. The molecule has 0 radical (unpaired) electrons. The Morgan fingerprint density at radius 1 is 1.18 bits per heavy atom. The smallest absolute Gasteiger partial charge is 0.251 e. The lowest BCUT2D eigenvalue weighted by Gasteiger charge is -2.17. The number of carbonyl (C=O) groups excluding carboxylic acids is 2. The molecule has 2 aromatic carbocycles. The van der Waals surface area contributed by atoms with Crippen LogP contribution in [0.2, 0.25) is 0 Å². The Morgan fingerprint density at radius 2 is 1.96 bits per heavy atom. The Balaban J connectivity index is 1.75. The molecule has 0 bridgehead atoms. The molecule has 0 saturated heterocycles. The summed E-state index contributed by atoms with van der Waals surface area (Å²) < 4.78 is 1.03. The third-order valence-electron chi connectivity index (χ3n) is 4.36. The first kappa shape index (κ1) is 20.4. The van der Waals surface area contributed by atoms with Crippen LogP contribution in [0.15, 0.2) is 42.5 Å². The van der Waals surface area contributed by atoms with Crippen LogP contribution in [0, 0.1) is 13.8 Å². The van der Waals surface area contributed by atoms with Crippen LogP contribution in [0.25, 0.3) is 10.2 Å². The highest BCUT2D eigenvalue weighted by molar-refractivity contribution is 7.98. The van der Waals surface area contributed by atoms with Crippen LogP contribution in [0.3, 0.4) is 0 Å². The summed E-state index contributed by atoms with van der Waals surface area (Å²) in [6, 6.07) is 12.7. The third-order valence-corrected chi connectivity index (χ3v) is 5.94. The quantitative estimate of drug-likeness (QED) is 0.602. The van der Waals surface area contributed by atoms with E-state index in [9.17, 15) is 9.59 Å². The number of thioether (sulfide) groups is 1. The number of nitrogens with zero attached hydrogens (tertiary/aromatic N) is 1. The molecule has 1 unspecified atom stereocenters. The van der Waals surface area contributed by atoms with Gasteiger partial charge in [0.15, 0.2) is 5.13 Å². The molecule has 7 heteroatoms. The summed E-state index contributed by atoms with van der Waals surface area (Å²) >= 11 is 3.08. The van der Waals surface area contributed by atoms with E-state index in [0.29, 0.717) is 17.1 Å². The first-order valence-electron chi connectivity index (χ1n) is 9.01. The minimum Gasteiger partial charge on any atom is -0.340 e. The lowest BCUT2D eigenvalue weighted by Crippen LogP contribution is -2.44. The maximum Gasteiger partial charge on any atom is 0.251 e. The Bertz CT molecular complexity index is 1000. The Morgan fingerprint density at radius 3 is 2.68 bits per heavy atom.